The molecule has 0 aliphatic heterocycles. The van der Waals surface area contributed by atoms with Gasteiger partial charge in [-0.25, -0.2) is 8.42 Å². The maximum atomic E-state index is 11.9. The van der Waals surface area contributed by atoms with E-state index in [1.807, 2.05) is 12.1 Å². The van der Waals surface area contributed by atoms with Crippen LogP contribution in [-0.2, 0) is 9.84 Å². The van der Waals surface area contributed by atoms with Gasteiger partial charge in [0.25, 0.3) is 0 Å². The quantitative estimate of drug-likeness (QED) is 0.772. The van der Waals surface area contributed by atoms with Gasteiger partial charge in [-0.1, -0.05) is 31.9 Å². The van der Waals surface area contributed by atoms with Gasteiger partial charge in [0.1, 0.15) is 0 Å². The Morgan fingerprint density at radius 1 is 1.28 bits per heavy atom. The standard InChI is InChI=1S/C14H21NO2S/c1-2-18(16,17)14-8-4-3-7-13(14)15-11-5-6-12-9-10-12/h3-4,7-8,12,15H,2,5-6,9-11H2,1H3. The van der Waals surface area contributed by atoms with Gasteiger partial charge in [-0.2, -0.15) is 0 Å². The Morgan fingerprint density at radius 3 is 2.67 bits per heavy atom. The van der Waals surface area contributed by atoms with Gasteiger partial charge in [-0.15, -0.1) is 0 Å². The van der Waals surface area contributed by atoms with Crippen molar-refractivity contribution >= 4 is 15.5 Å². The van der Waals surface area contributed by atoms with Gasteiger partial charge in [0, 0.05) is 6.54 Å². The first-order valence-corrected chi connectivity index (χ1v) is 8.34. The fraction of sp³-hybridized carbons (Fsp3) is 0.571. The highest BCUT2D eigenvalue weighted by molar-refractivity contribution is 7.91. The van der Waals surface area contributed by atoms with Crippen molar-refractivity contribution in [3.63, 3.8) is 0 Å². The van der Waals surface area contributed by atoms with Crippen LogP contribution < -0.4 is 5.32 Å². The molecular weight excluding hydrogens is 246 g/mol. The molecule has 0 unspecified atom stereocenters. The van der Waals surface area contributed by atoms with Gasteiger partial charge in [-0.05, 0) is 30.9 Å². The lowest BCUT2D eigenvalue weighted by Gasteiger charge is -2.11. The number of rotatable bonds is 7. The van der Waals surface area contributed by atoms with Crippen LogP contribution in [0.3, 0.4) is 0 Å². The lowest BCUT2D eigenvalue weighted by Crippen LogP contribution is -2.10. The van der Waals surface area contributed by atoms with Gasteiger partial charge >= 0.3 is 0 Å². The summed E-state index contributed by atoms with van der Waals surface area (Å²) in [6, 6.07) is 7.18. The van der Waals surface area contributed by atoms with E-state index in [0.29, 0.717) is 4.90 Å². The number of benzene rings is 1. The smallest absolute Gasteiger partial charge is 0.180 e. The van der Waals surface area contributed by atoms with Crippen LogP contribution >= 0.6 is 0 Å². The second-order valence-electron chi connectivity index (χ2n) is 4.91. The minimum atomic E-state index is -3.13. The zero-order chi connectivity index (χ0) is 13.0. The molecule has 1 aliphatic rings. The molecule has 1 N–H and O–H groups in total. The SMILES string of the molecule is CCS(=O)(=O)c1ccccc1NCCCC1CC1. The van der Waals surface area contributed by atoms with E-state index in [-0.39, 0.29) is 5.75 Å². The summed E-state index contributed by atoms with van der Waals surface area (Å²) < 4.78 is 23.9. The summed E-state index contributed by atoms with van der Waals surface area (Å²) in [7, 11) is -3.13. The van der Waals surface area contributed by atoms with Crippen LogP contribution in [-0.4, -0.2) is 20.7 Å². The Kier molecular flexibility index (Phi) is 4.27. The van der Waals surface area contributed by atoms with Crippen LogP contribution in [0.15, 0.2) is 29.2 Å². The summed E-state index contributed by atoms with van der Waals surface area (Å²) in [5.41, 5.74) is 0.746. The molecule has 1 fully saturated rings. The molecule has 1 saturated carbocycles. The van der Waals surface area contributed by atoms with Crippen LogP contribution in [0.4, 0.5) is 5.69 Å². The zero-order valence-electron chi connectivity index (χ0n) is 10.9. The van der Waals surface area contributed by atoms with Gasteiger partial charge in [0.05, 0.1) is 16.3 Å². The lowest BCUT2D eigenvalue weighted by atomic mass is 10.2. The number of sulfone groups is 1. The van der Waals surface area contributed by atoms with Crippen molar-refractivity contribution < 1.29 is 8.42 Å². The topological polar surface area (TPSA) is 46.2 Å². The Bertz CT molecular complexity index is 492. The number of anilines is 1. The molecule has 0 amide bonds. The van der Waals surface area contributed by atoms with Crippen LogP contribution in [0.2, 0.25) is 0 Å². The lowest BCUT2D eigenvalue weighted by molar-refractivity contribution is 0.597. The van der Waals surface area contributed by atoms with Gasteiger partial charge in [0.15, 0.2) is 9.84 Å². The Balaban J connectivity index is 1.98. The third kappa shape index (κ3) is 3.48. The highest BCUT2D eigenvalue weighted by atomic mass is 32.2. The Hall–Kier alpha value is -1.03. The van der Waals surface area contributed by atoms with Crippen LogP contribution in [0.1, 0.15) is 32.6 Å². The first kappa shape index (κ1) is 13.4. The van der Waals surface area contributed by atoms with Crippen molar-refractivity contribution in [3.05, 3.63) is 24.3 Å². The molecule has 0 radical (unpaired) electrons. The second kappa shape index (κ2) is 5.74. The van der Waals surface area contributed by atoms with Crippen molar-refractivity contribution in [2.24, 2.45) is 5.92 Å². The van der Waals surface area contributed by atoms with Crippen molar-refractivity contribution in [2.75, 3.05) is 17.6 Å². The molecule has 1 aromatic rings. The van der Waals surface area contributed by atoms with E-state index in [1.165, 1.54) is 19.3 Å². The zero-order valence-corrected chi connectivity index (χ0v) is 11.7. The predicted molar refractivity (Wildman–Crippen MR) is 74.6 cm³/mol. The first-order valence-electron chi connectivity index (χ1n) is 6.69. The molecule has 3 nitrogen and oxygen atoms in total. The van der Waals surface area contributed by atoms with E-state index in [0.717, 1.165) is 24.6 Å². The Labute approximate surface area is 110 Å². The number of para-hydroxylation sites is 1. The fourth-order valence-corrected chi connectivity index (χ4v) is 3.13. The van der Waals surface area contributed by atoms with Crippen molar-refractivity contribution in [1.29, 1.82) is 0 Å². The van der Waals surface area contributed by atoms with E-state index >= 15 is 0 Å². The van der Waals surface area contributed by atoms with E-state index in [2.05, 4.69) is 5.32 Å². The molecule has 4 heteroatoms. The predicted octanol–water partition coefficient (Wildman–Crippen LogP) is 3.08. The third-order valence-corrected chi connectivity index (χ3v) is 5.19. The maximum Gasteiger partial charge on any atom is 0.180 e. The summed E-state index contributed by atoms with van der Waals surface area (Å²) in [4.78, 5) is 0.430. The average Bonchev–Trinajstić information content (AvgIpc) is 3.19. The van der Waals surface area contributed by atoms with Crippen LogP contribution in [0.25, 0.3) is 0 Å². The highest BCUT2D eigenvalue weighted by Crippen LogP contribution is 2.33. The summed E-state index contributed by atoms with van der Waals surface area (Å²) >= 11 is 0. The minimum Gasteiger partial charge on any atom is -0.384 e. The van der Waals surface area contributed by atoms with Crippen LogP contribution in [0, 0.1) is 5.92 Å². The van der Waals surface area contributed by atoms with Crippen molar-refractivity contribution in [2.45, 2.75) is 37.5 Å². The largest absolute Gasteiger partial charge is 0.384 e. The highest BCUT2D eigenvalue weighted by Gasteiger charge is 2.20. The molecule has 0 atom stereocenters. The molecule has 0 saturated heterocycles. The van der Waals surface area contributed by atoms with E-state index < -0.39 is 9.84 Å². The molecule has 2 rings (SSSR count). The number of nitrogens with one attached hydrogen (secondary N) is 1. The first-order chi connectivity index (χ1) is 8.63. The maximum absolute atomic E-state index is 11.9. The molecule has 100 valence electrons. The molecule has 0 aromatic heterocycles. The molecule has 0 bridgehead atoms. The normalized spacial score (nSPS) is 15.6. The van der Waals surface area contributed by atoms with Crippen molar-refractivity contribution in [3.8, 4) is 0 Å². The van der Waals surface area contributed by atoms with E-state index in [4.69, 9.17) is 0 Å². The molecular formula is C14H21NO2S. The summed E-state index contributed by atoms with van der Waals surface area (Å²) in [5.74, 6) is 1.08. The molecule has 1 aliphatic carbocycles. The monoisotopic (exact) mass is 267 g/mol. The molecule has 1 aromatic carbocycles. The summed E-state index contributed by atoms with van der Waals surface area (Å²) in [6.07, 6.45) is 5.13. The van der Waals surface area contributed by atoms with Gasteiger partial charge in [0.2, 0.25) is 0 Å². The van der Waals surface area contributed by atoms with Crippen molar-refractivity contribution in [1.82, 2.24) is 0 Å². The molecule has 18 heavy (non-hydrogen) atoms. The average molecular weight is 267 g/mol. The number of hydrogen-bond donors (Lipinski definition) is 1. The molecule has 0 spiro atoms. The van der Waals surface area contributed by atoms with E-state index in [1.54, 1.807) is 19.1 Å². The van der Waals surface area contributed by atoms with E-state index in [9.17, 15) is 8.42 Å². The number of hydrogen-bond acceptors (Lipinski definition) is 3. The Morgan fingerprint density at radius 2 is 2.00 bits per heavy atom. The minimum absolute atomic E-state index is 0.147. The summed E-state index contributed by atoms with van der Waals surface area (Å²) in [6.45, 7) is 2.53. The summed E-state index contributed by atoms with van der Waals surface area (Å²) in [5, 5.41) is 3.26. The van der Waals surface area contributed by atoms with Gasteiger partial charge in [-0.3, -0.25) is 0 Å². The third-order valence-electron chi connectivity index (χ3n) is 3.40. The van der Waals surface area contributed by atoms with Crippen LogP contribution in [0.5, 0.6) is 0 Å². The second-order valence-corrected chi connectivity index (χ2v) is 7.16. The fourth-order valence-electron chi connectivity index (χ4n) is 2.06. The molecule has 0 heterocycles. The van der Waals surface area contributed by atoms with Gasteiger partial charge < -0.3 is 5.32 Å².